The van der Waals surface area contributed by atoms with E-state index in [-0.39, 0.29) is 6.04 Å². The lowest BCUT2D eigenvalue weighted by atomic mass is 10.2. The van der Waals surface area contributed by atoms with Gasteiger partial charge in [-0.25, -0.2) is 4.98 Å². The van der Waals surface area contributed by atoms with Crippen molar-refractivity contribution < 1.29 is 4.42 Å². The number of furan rings is 1. The van der Waals surface area contributed by atoms with Gasteiger partial charge in [-0.1, -0.05) is 6.92 Å². The average Bonchev–Trinajstić information content (AvgIpc) is 3.05. The van der Waals surface area contributed by atoms with Crippen LogP contribution in [0.15, 0.2) is 41.0 Å². The fourth-order valence-electron chi connectivity index (χ4n) is 2.65. The van der Waals surface area contributed by atoms with Crippen molar-refractivity contribution >= 4 is 16.7 Å². The average molecular weight is 269 g/mol. The Bertz CT molecular complexity index is 713. The Hall–Kier alpha value is -2.23. The molecule has 20 heavy (non-hydrogen) atoms. The summed E-state index contributed by atoms with van der Waals surface area (Å²) in [5, 5.41) is 0. The predicted octanol–water partition coefficient (Wildman–Crippen LogP) is 3.77. The van der Waals surface area contributed by atoms with Gasteiger partial charge < -0.3 is 14.7 Å². The standard InChI is InChI=1S/C16H19N3O/c1-3-5-16-18-13-10-12(17)7-8-14(13)19(16)11(2)15-6-4-9-20-15/h4,6-11H,3,5,17H2,1-2H3. The summed E-state index contributed by atoms with van der Waals surface area (Å²) >= 11 is 0. The summed E-state index contributed by atoms with van der Waals surface area (Å²) in [6, 6.07) is 9.94. The van der Waals surface area contributed by atoms with Crippen molar-refractivity contribution in [1.29, 1.82) is 0 Å². The number of aromatic nitrogens is 2. The summed E-state index contributed by atoms with van der Waals surface area (Å²) in [6.07, 6.45) is 3.71. The molecular weight excluding hydrogens is 250 g/mol. The van der Waals surface area contributed by atoms with Gasteiger partial charge in [-0.2, -0.15) is 0 Å². The molecule has 0 saturated carbocycles. The highest BCUT2D eigenvalue weighted by Gasteiger charge is 2.18. The highest BCUT2D eigenvalue weighted by Crippen LogP contribution is 2.28. The molecule has 0 spiro atoms. The number of fused-ring (bicyclic) bond motifs is 1. The van der Waals surface area contributed by atoms with Gasteiger partial charge in [0.05, 0.1) is 23.3 Å². The quantitative estimate of drug-likeness (QED) is 0.733. The summed E-state index contributed by atoms with van der Waals surface area (Å²) in [5.41, 5.74) is 8.66. The molecule has 0 amide bonds. The summed E-state index contributed by atoms with van der Waals surface area (Å²) in [5.74, 6) is 2.02. The Labute approximate surface area is 118 Å². The van der Waals surface area contributed by atoms with Crippen LogP contribution in [0.3, 0.4) is 0 Å². The molecule has 1 atom stereocenters. The van der Waals surface area contributed by atoms with Crippen molar-refractivity contribution in [2.45, 2.75) is 32.7 Å². The Morgan fingerprint density at radius 3 is 2.90 bits per heavy atom. The SMILES string of the molecule is CCCc1nc2cc(N)ccc2n1C(C)c1ccco1. The Morgan fingerprint density at radius 2 is 2.20 bits per heavy atom. The minimum absolute atomic E-state index is 0.125. The van der Waals surface area contributed by atoms with Crippen molar-refractivity contribution in [3.05, 3.63) is 48.2 Å². The van der Waals surface area contributed by atoms with Gasteiger partial charge in [0.1, 0.15) is 11.6 Å². The zero-order chi connectivity index (χ0) is 14.1. The number of nitrogens with zero attached hydrogens (tertiary/aromatic N) is 2. The first-order valence-corrected chi connectivity index (χ1v) is 7.00. The normalized spacial score (nSPS) is 12.9. The van der Waals surface area contributed by atoms with Gasteiger partial charge >= 0.3 is 0 Å². The van der Waals surface area contributed by atoms with Crippen LogP contribution in [0.25, 0.3) is 11.0 Å². The smallest absolute Gasteiger partial charge is 0.126 e. The number of hydrogen-bond donors (Lipinski definition) is 1. The van der Waals surface area contributed by atoms with Crippen molar-refractivity contribution in [1.82, 2.24) is 9.55 Å². The van der Waals surface area contributed by atoms with Crippen molar-refractivity contribution in [3.63, 3.8) is 0 Å². The van der Waals surface area contributed by atoms with Crippen LogP contribution in [0.5, 0.6) is 0 Å². The highest BCUT2D eigenvalue weighted by atomic mass is 16.3. The van der Waals surface area contributed by atoms with E-state index in [1.165, 1.54) is 0 Å². The van der Waals surface area contributed by atoms with Gasteiger partial charge in [-0.15, -0.1) is 0 Å². The molecule has 1 aromatic carbocycles. The van der Waals surface area contributed by atoms with E-state index in [4.69, 9.17) is 15.1 Å². The lowest BCUT2D eigenvalue weighted by Gasteiger charge is -2.15. The van der Waals surface area contributed by atoms with E-state index in [1.54, 1.807) is 6.26 Å². The molecule has 0 aliphatic carbocycles. The first kappa shape index (κ1) is 12.8. The molecule has 2 aromatic heterocycles. The van der Waals surface area contributed by atoms with E-state index < -0.39 is 0 Å². The van der Waals surface area contributed by atoms with Crippen LogP contribution >= 0.6 is 0 Å². The summed E-state index contributed by atoms with van der Waals surface area (Å²) in [7, 11) is 0. The second-order valence-corrected chi connectivity index (χ2v) is 5.09. The number of hydrogen-bond acceptors (Lipinski definition) is 3. The van der Waals surface area contributed by atoms with Crippen molar-refractivity contribution in [3.8, 4) is 0 Å². The fraction of sp³-hybridized carbons (Fsp3) is 0.312. The zero-order valence-electron chi connectivity index (χ0n) is 11.8. The number of rotatable bonds is 4. The third kappa shape index (κ3) is 2.07. The van der Waals surface area contributed by atoms with E-state index in [0.717, 1.165) is 41.1 Å². The topological polar surface area (TPSA) is 57.0 Å². The van der Waals surface area contributed by atoms with Gasteiger partial charge in [-0.05, 0) is 43.7 Å². The molecule has 0 aliphatic rings. The van der Waals surface area contributed by atoms with Crippen LogP contribution in [-0.4, -0.2) is 9.55 Å². The van der Waals surface area contributed by atoms with E-state index >= 15 is 0 Å². The summed E-state index contributed by atoms with van der Waals surface area (Å²) in [4.78, 5) is 4.74. The van der Waals surface area contributed by atoms with Gasteiger partial charge in [0, 0.05) is 12.1 Å². The molecule has 3 rings (SSSR count). The molecule has 104 valence electrons. The molecular formula is C16H19N3O. The number of benzene rings is 1. The summed E-state index contributed by atoms with van der Waals surface area (Å²) in [6.45, 7) is 4.30. The summed E-state index contributed by atoms with van der Waals surface area (Å²) < 4.78 is 7.80. The predicted molar refractivity (Wildman–Crippen MR) is 80.7 cm³/mol. The van der Waals surface area contributed by atoms with E-state index in [9.17, 15) is 0 Å². The molecule has 3 aromatic rings. The molecule has 2 heterocycles. The van der Waals surface area contributed by atoms with E-state index in [2.05, 4.69) is 18.4 Å². The second kappa shape index (κ2) is 5.04. The molecule has 0 radical (unpaired) electrons. The Morgan fingerprint density at radius 1 is 1.35 bits per heavy atom. The molecule has 1 unspecified atom stereocenters. The molecule has 2 N–H and O–H groups in total. The zero-order valence-corrected chi connectivity index (χ0v) is 11.8. The van der Waals surface area contributed by atoms with Crippen LogP contribution < -0.4 is 5.73 Å². The maximum atomic E-state index is 5.86. The monoisotopic (exact) mass is 269 g/mol. The number of anilines is 1. The molecule has 0 bridgehead atoms. The minimum Gasteiger partial charge on any atom is -0.467 e. The van der Waals surface area contributed by atoms with E-state index in [1.807, 2.05) is 30.3 Å². The first-order chi connectivity index (χ1) is 9.70. The van der Waals surface area contributed by atoms with E-state index in [0.29, 0.717) is 0 Å². The molecule has 4 heteroatoms. The minimum atomic E-state index is 0.125. The van der Waals surface area contributed by atoms with Gasteiger partial charge in [0.25, 0.3) is 0 Å². The van der Waals surface area contributed by atoms with Crippen molar-refractivity contribution in [2.75, 3.05) is 5.73 Å². The van der Waals surface area contributed by atoms with Gasteiger partial charge in [-0.3, -0.25) is 0 Å². The lowest BCUT2D eigenvalue weighted by Crippen LogP contribution is -2.10. The maximum absolute atomic E-state index is 5.86. The van der Waals surface area contributed by atoms with Crippen LogP contribution in [0.1, 0.15) is 37.9 Å². The van der Waals surface area contributed by atoms with Crippen LogP contribution in [0.2, 0.25) is 0 Å². The molecule has 0 aliphatic heterocycles. The third-order valence-electron chi connectivity index (χ3n) is 3.60. The number of aryl methyl sites for hydroxylation is 1. The van der Waals surface area contributed by atoms with Crippen molar-refractivity contribution in [2.24, 2.45) is 0 Å². The van der Waals surface area contributed by atoms with Crippen LogP contribution in [0, 0.1) is 0 Å². The number of nitrogen functional groups attached to an aromatic ring is 1. The Balaban J connectivity index is 2.18. The second-order valence-electron chi connectivity index (χ2n) is 5.09. The highest BCUT2D eigenvalue weighted by molar-refractivity contribution is 5.80. The lowest BCUT2D eigenvalue weighted by molar-refractivity contribution is 0.443. The first-order valence-electron chi connectivity index (χ1n) is 7.00. The molecule has 0 saturated heterocycles. The maximum Gasteiger partial charge on any atom is 0.126 e. The number of imidazole rings is 1. The third-order valence-corrected chi connectivity index (χ3v) is 3.60. The van der Waals surface area contributed by atoms with Gasteiger partial charge in [0.2, 0.25) is 0 Å². The van der Waals surface area contributed by atoms with Gasteiger partial charge in [0.15, 0.2) is 0 Å². The van der Waals surface area contributed by atoms with Crippen LogP contribution in [-0.2, 0) is 6.42 Å². The number of nitrogens with two attached hydrogens (primary N) is 1. The Kier molecular flexibility index (Phi) is 3.22. The fourth-order valence-corrected chi connectivity index (χ4v) is 2.65. The largest absolute Gasteiger partial charge is 0.467 e. The van der Waals surface area contributed by atoms with Crippen LogP contribution in [0.4, 0.5) is 5.69 Å². The molecule has 4 nitrogen and oxygen atoms in total. The molecule has 0 fully saturated rings.